The van der Waals surface area contributed by atoms with Crippen LogP contribution in [0.25, 0.3) is 0 Å². The predicted molar refractivity (Wildman–Crippen MR) is 69.2 cm³/mol. The average molecular weight is 246 g/mol. The van der Waals surface area contributed by atoms with Gasteiger partial charge in [0.15, 0.2) is 0 Å². The first kappa shape index (κ1) is 12.6. The van der Waals surface area contributed by atoms with Gasteiger partial charge in [-0.1, -0.05) is 0 Å². The molecule has 0 bridgehead atoms. The Morgan fingerprint density at radius 3 is 2.89 bits per heavy atom. The van der Waals surface area contributed by atoms with Crippen molar-refractivity contribution in [1.29, 1.82) is 0 Å². The molecule has 0 spiro atoms. The molecular formula is C13H18N4O. The standard InChI is InChI=1S/C13H18N4O/c1-3-17-10-15-7-12(17)9-18-13-5-4-11(6-14-2)16-8-13/h4-5,7-8,10,14H,3,6,9H2,1-2H3. The highest BCUT2D eigenvalue weighted by atomic mass is 16.5. The minimum absolute atomic E-state index is 0.515. The van der Waals surface area contributed by atoms with E-state index < -0.39 is 0 Å². The molecule has 5 nitrogen and oxygen atoms in total. The number of hydrogen-bond donors (Lipinski definition) is 1. The average Bonchev–Trinajstić information content (AvgIpc) is 2.86. The second-order valence-corrected chi connectivity index (χ2v) is 3.98. The van der Waals surface area contributed by atoms with E-state index in [1.165, 1.54) is 0 Å². The van der Waals surface area contributed by atoms with Crippen LogP contribution in [-0.4, -0.2) is 21.6 Å². The van der Waals surface area contributed by atoms with Gasteiger partial charge in [-0.3, -0.25) is 4.98 Å². The lowest BCUT2D eigenvalue weighted by atomic mass is 10.3. The molecule has 2 aromatic heterocycles. The predicted octanol–water partition coefficient (Wildman–Crippen LogP) is 1.60. The Hall–Kier alpha value is -1.88. The van der Waals surface area contributed by atoms with Crippen LogP contribution in [0.2, 0.25) is 0 Å². The monoisotopic (exact) mass is 246 g/mol. The van der Waals surface area contributed by atoms with Gasteiger partial charge in [0.2, 0.25) is 0 Å². The van der Waals surface area contributed by atoms with Crippen molar-refractivity contribution < 1.29 is 4.74 Å². The van der Waals surface area contributed by atoms with Crippen LogP contribution in [0.5, 0.6) is 5.75 Å². The maximum Gasteiger partial charge on any atom is 0.138 e. The lowest BCUT2D eigenvalue weighted by Crippen LogP contribution is -2.07. The normalized spacial score (nSPS) is 10.6. The molecule has 0 saturated heterocycles. The highest BCUT2D eigenvalue weighted by Crippen LogP contribution is 2.11. The third kappa shape index (κ3) is 3.07. The molecule has 2 rings (SSSR count). The molecule has 0 amide bonds. The van der Waals surface area contributed by atoms with Gasteiger partial charge in [-0.25, -0.2) is 4.98 Å². The summed E-state index contributed by atoms with van der Waals surface area (Å²) in [5.74, 6) is 0.777. The van der Waals surface area contributed by atoms with Crippen molar-refractivity contribution in [3.8, 4) is 5.75 Å². The van der Waals surface area contributed by atoms with Crippen molar-refractivity contribution >= 4 is 0 Å². The lowest BCUT2D eigenvalue weighted by molar-refractivity contribution is 0.294. The van der Waals surface area contributed by atoms with E-state index in [4.69, 9.17) is 4.74 Å². The van der Waals surface area contributed by atoms with Crippen LogP contribution in [0, 0.1) is 0 Å². The molecular weight excluding hydrogens is 228 g/mol. The Morgan fingerprint density at radius 1 is 1.33 bits per heavy atom. The molecule has 0 fully saturated rings. The molecule has 96 valence electrons. The topological polar surface area (TPSA) is 52.0 Å². The Labute approximate surface area is 107 Å². The van der Waals surface area contributed by atoms with Gasteiger partial charge in [-0.05, 0) is 26.1 Å². The number of aromatic nitrogens is 3. The number of aryl methyl sites for hydroxylation is 1. The summed E-state index contributed by atoms with van der Waals surface area (Å²) < 4.78 is 7.74. The zero-order valence-corrected chi connectivity index (χ0v) is 10.8. The Morgan fingerprint density at radius 2 is 2.22 bits per heavy atom. The summed E-state index contributed by atoms with van der Waals surface area (Å²) in [5.41, 5.74) is 2.07. The van der Waals surface area contributed by atoms with Crippen LogP contribution in [-0.2, 0) is 19.7 Å². The number of hydrogen-bond acceptors (Lipinski definition) is 4. The van der Waals surface area contributed by atoms with Crippen LogP contribution >= 0.6 is 0 Å². The van der Waals surface area contributed by atoms with Crippen molar-refractivity contribution in [2.24, 2.45) is 0 Å². The van der Waals surface area contributed by atoms with Crippen molar-refractivity contribution in [2.75, 3.05) is 7.05 Å². The number of pyridine rings is 1. The third-order valence-electron chi connectivity index (χ3n) is 2.68. The summed E-state index contributed by atoms with van der Waals surface area (Å²) in [6, 6.07) is 3.90. The van der Waals surface area contributed by atoms with E-state index in [0.29, 0.717) is 6.61 Å². The molecule has 1 N–H and O–H groups in total. The molecule has 5 heteroatoms. The maximum atomic E-state index is 5.68. The Balaban J connectivity index is 1.94. The lowest BCUT2D eigenvalue weighted by Gasteiger charge is -2.08. The van der Waals surface area contributed by atoms with E-state index in [9.17, 15) is 0 Å². The largest absolute Gasteiger partial charge is 0.486 e. The van der Waals surface area contributed by atoms with Gasteiger partial charge in [0.1, 0.15) is 12.4 Å². The van der Waals surface area contributed by atoms with Crippen molar-refractivity contribution in [3.63, 3.8) is 0 Å². The number of rotatable bonds is 6. The van der Waals surface area contributed by atoms with E-state index in [-0.39, 0.29) is 0 Å². The SMILES string of the molecule is CCn1cncc1COc1ccc(CNC)nc1. The van der Waals surface area contributed by atoms with Gasteiger partial charge in [0, 0.05) is 13.1 Å². The number of nitrogens with one attached hydrogen (secondary N) is 1. The number of ether oxygens (including phenoxy) is 1. The fraction of sp³-hybridized carbons (Fsp3) is 0.385. The smallest absolute Gasteiger partial charge is 0.138 e. The fourth-order valence-corrected chi connectivity index (χ4v) is 1.69. The summed E-state index contributed by atoms with van der Waals surface area (Å²) in [7, 11) is 1.90. The number of imidazole rings is 1. The summed E-state index contributed by atoms with van der Waals surface area (Å²) >= 11 is 0. The van der Waals surface area contributed by atoms with Crippen LogP contribution in [0.4, 0.5) is 0 Å². The molecule has 0 aliphatic carbocycles. The first-order chi connectivity index (χ1) is 8.83. The van der Waals surface area contributed by atoms with Crippen LogP contribution in [0.3, 0.4) is 0 Å². The van der Waals surface area contributed by atoms with Crippen LogP contribution in [0.15, 0.2) is 30.9 Å². The van der Waals surface area contributed by atoms with E-state index in [1.54, 1.807) is 6.20 Å². The minimum atomic E-state index is 0.515. The highest BCUT2D eigenvalue weighted by molar-refractivity contribution is 5.20. The second kappa shape index (κ2) is 6.16. The van der Waals surface area contributed by atoms with Gasteiger partial charge in [-0.2, -0.15) is 0 Å². The van der Waals surface area contributed by atoms with Crippen molar-refractivity contribution in [3.05, 3.63) is 42.2 Å². The van der Waals surface area contributed by atoms with Crippen molar-refractivity contribution in [1.82, 2.24) is 19.9 Å². The van der Waals surface area contributed by atoms with E-state index in [1.807, 2.05) is 31.7 Å². The quantitative estimate of drug-likeness (QED) is 0.841. The van der Waals surface area contributed by atoms with Crippen LogP contribution in [0.1, 0.15) is 18.3 Å². The number of nitrogens with zero attached hydrogens (tertiary/aromatic N) is 3. The molecule has 0 saturated carbocycles. The highest BCUT2D eigenvalue weighted by Gasteiger charge is 2.02. The van der Waals surface area contributed by atoms with E-state index in [2.05, 4.69) is 26.8 Å². The molecule has 0 aromatic carbocycles. The Kier molecular flexibility index (Phi) is 4.30. The second-order valence-electron chi connectivity index (χ2n) is 3.98. The molecule has 18 heavy (non-hydrogen) atoms. The summed E-state index contributed by atoms with van der Waals surface area (Å²) in [6.45, 7) is 4.26. The summed E-state index contributed by atoms with van der Waals surface area (Å²) in [5, 5.41) is 3.06. The van der Waals surface area contributed by atoms with E-state index in [0.717, 1.165) is 30.2 Å². The van der Waals surface area contributed by atoms with E-state index >= 15 is 0 Å². The molecule has 2 aromatic rings. The maximum absolute atomic E-state index is 5.68. The fourth-order valence-electron chi connectivity index (χ4n) is 1.69. The zero-order chi connectivity index (χ0) is 12.8. The Bertz CT molecular complexity index is 478. The van der Waals surface area contributed by atoms with Gasteiger partial charge < -0.3 is 14.6 Å². The molecule has 0 aliphatic heterocycles. The first-order valence-electron chi connectivity index (χ1n) is 6.04. The molecule has 0 atom stereocenters. The third-order valence-corrected chi connectivity index (χ3v) is 2.68. The van der Waals surface area contributed by atoms with Crippen molar-refractivity contribution in [2.45, 2.75) is 26.6 Å². The molecule has 2 heterocycles. The molecule has 0 unspecified atom stereocenters. The van der Waals surface area contributed by atoms with Gasteiger partial charge >= 0.3 is 0 Å². The zero-order valence-electron chi connectivity index (χ0n) is 10.8. The van der Waals surface area contributed by atoms with Crippen LogP contribution < -0.4 is 10.1 Å². The van der Waals surface area contributed by atoms with Gasteiger partial charge in [0.05, 0.1) is 30.1 Å². The summed E-state index contributed by atoms with van der Waals surface area (Å²) in [6.07, 6.45) is 5.39. The van der Waals surface area contributed by atoms with Gasteiger partial charge in [0.25, 0.3) is 0 Å². The first-order valence-corrected chi connectivity index (χ1v) is 6.04. The summed E-state index contributed by atoms with van der Waals surface area (Å²) in [4.78, 5) is 8.40. The molecule has 0 radical (unpaired) electrons. The minimum Gasteiger partial charge on any atom is -0.486 e. The van der Waals surface area contributed by atoms with Gasteiger partial charge in [-0.15, -0.1) is 0 Å². The molecule has 0 aliphatic rings.